The maximum absolute atomic E-state index is 12.3. The lowest BCUT2D eigenvalue weighted by Gasteiger charge is -2.10. The van der Waals surface area contributed by atoms with E-state index in [4.69, 9.17) is 4.74 Å². The molecule has 0 bridgehead atoms. The summed E-state index contributed by atoms with van der Waals surface area (Å²) < 4.78 is 5.68. The average Bonchev–Trinajstić information content (AvgIpc) is 3.02. The van der Waals surface area contributed by atoms with E-state index in [1.54, 1.807) is 18.0 Å². The van der Waals surface area contributed by atoms with Crippen molar-refractivity contribution < 1.29 is 9.53 Å². The molecule has 6 heteroatoms. The minimum absolute atomic E-state index is 0.0530. The molecule has 4 nitrogen and oxygen atoms in total. The first-order chi connectivity index (χ1) is 10.8. The van der Waals surface area contributed by atoms with Gasteiger partial charge in [-0.05, 0) is 30.2 Å². The van der Waals surface area contributed by atoms with Gasteiger partial charge in [-0.2, -0.15) is 0 Å². The molecule has 1 N–H and O–H groups in total. The normalized spacial score (nSPS) is 10.5. The fraction of sp³-hybridized carbons (Fsp3) is 0.375. The summed E-state index contributed by atoms with van der Waals surface area (Å²) in [6, 6.07) is 5.75. The maximum atomic E-state index is 12.3. The van der Waals surface area contributed by atoms with Crippen molar-refractivity contribution in [2.45, 2.75) is 31.2 Å². The van der Waals surface area contributed by atoms with Crippen LogP contribution in [0.2, 0.25) is 0 Å². The van der Waals surface area contributed by atoms with Crippen LogP contribution in [-0.2, 0) is 6.54 Å². The molecule has 1 amide bonds. The summed E-state index contributed by atoms with van der Waals surface area (Å²) in [5, 5.41) is 4.88. The van der Waals surface area contributed by atoms with Crippen LogP contribution in [0.3, 0.4) is 0 Å². The summed E-state index contributed by atoms with van der Waals surface area (Å²) in [5.74, 6) is 0.551. The van der Waals surface area contributed by atoms with Gasteiger partial charge in [-0.3, -0.25) is 4.79 Å². The van der Waals surface area contributed by atoms with E-state index in [0.717, 1.165) is 28.2 Å². The lowest BCUT2D eigenvalue weighted by molar-refractivity contribution is 0.0952. The molecule has 0 unspecified atom stereocenters. The van der Waals surface area contributed by atoms with Gasteiger partial charge in [0, 0.05) is 23.2 Å². The second kappa shape index (κ2) is 8.80. The smallest absolute Gasteiger partial charge is 0.262 e. The van der Waals surface area contributed by atoms with Crippen molar-refractivity contribution in [1.82, 2.24) is 10.3 Å². The lowest BCUT2D eigenvalue weighted by Crippen LogP contribution is -2.23. The van der Waals surface area contributed by atoms with Crippen LogP contribution in [0.5, 0.6) is 5.88 Å². The third kappa shape index (κ3) is 4.48. The van der Waals surface area contributed by atoms with Gasteiger partial charge in [0.25, 0.3) is 5.91 Å². The molecule has 22 heavy (non-hydrogen) atoms. The van der Waals surface area contributed by atoms with Gasteiger partial charge in [0.2, 0.25) is 5.88 Å². The molecule has 0 atom stereocenters. The van der Waals surface area contributed by atoms with E-state index in [2.05, 4.69) is 17.2 Å². The summed E-state index contributed by atoms with van der Waals surface area (Å²) >= 11 is 3.04. The highest BCUT2D eigenvalue weighted by atomic mass is 32.2. The molecule has 0 saturated carbocycles. The Labute approximate surface area is 139 Å². The summed E-state index contributed by atoms with van der Waals surface area (Å²) in [5.41, 5.74) is 0.897. The first kappa shape index (κ1) is 16.8. The zero-order valence-corrected chi connectivity index (χ0v) is 14.4. The first-order valence-electron chi connectivity index (χ1n) is 7.22. The Hall–Kier alpha value is -1.53. The first-order valence-corrected chi connectivity index (χ1v) is 9.33. The number of ether oxygens (including phenoxy) is 1. The van der Waals surface area contributed by atoms with Gasteiger partial charge < -0.3 is 10.1 Å². The van der Waals surface area contributed by atoms with Crippen molar-refractivity contribution in [1.29, 1.82) is 0 Å². The third-order valence-electron chi connectivity index (χ3n) is 3.08. The Bertz CT molecular complexity index is 614. The quantitative estimate of drug-likeness (QED) is 0.585. The number of thioether (sulfide) groups is 1. The fourth-order valence-corrected chi connectivity index (χ4v) is 3.55. The number of aromatic nitrogens is 1. The topological polar surface area (TPSA) is 51.2 Å². The van der Waals surface area contributed by atoms with Crippen LogP contribution in [0.25, 0.3) is 0 Å². The van der Waals surface area contributed by atoms with Crippen molar-refractivity contribution in [3.05, 3.63) is 40.2 Å². The number of carbonyl (C=O) groups excluding carboxylic acids is 1. The second-order valence-electron chi connectivity index (χ2n) is 4.67. The van der Waals surface area contributed by atoms with E-state index in [1.165, 1.54) is 11.3 Å². The molecule has 2 aromatic rings. The molecule has 2 aromatic heterocycles. The van der Waals surface area contributed by atoms with Gasteiger partial charge in [0.1, 0.15) is 4.88 Å². The van der Waals surface area contributed by atoms with Crippen molar-refractivity contribution >= 4 is 29.0 Å². The van der Waals surface area contributed by atoms with Crippen molar-refractivity contribution in [3.8, 4) is 5.88 Å². The van der Waals surface area contributed by atoms with Gasteiger partial charge in [-0.25, -0.2) is 4.98 Å². The number of hydrogen-bond donors (Lipinski definition) is 1. The fourth-order valence-electron chi connectivity index (χ4n) is 1.88. The maximum Gasteiger partial charge on any atom is 0.262 e. The number of unbranched alkanes of at least 4 members (excludes halogenated alkanes) is 1. The van der Waals surface area contributed by atoms with E-state index in [-0.39, 0.29) is 5.91 Å². The minimum atomic E-state index is -0.0530. The Morgan fingerprint density at radius 2 is 2.32 bits per heavy atom. The van der Waals surface area contributed by atoms with Gasteiger partial charge in [0.15, 0.2) is 0 Å². The number of pyridine rings is 1. The molecule has 0 aliphatic carbocycles. The summed E-state index contributed by atoms with van der Waals surface area (Å²) in [4.78, 5) is 18.3. The number of rotatable bonds is 8. The van der Waals surface area contributed by atoms with Crippen LogP contribution < -0.4 is 10.1 Å². The third-order valence-corrected chi connectivity index (χ3v) is 4.90. The van der Waals surface area contributed by atoms with Crippen LogP contribution in [0.15, 0.2) is 34.7 Å². The number of thiophene rings is 1. The highest BCUT2D eigenvalue weighted by molar-refractivity contribution is 7.98. The molecule has 0 fully saturated rings. The molecule has 0 radical (unpaired) electrons. The molecule has 0 aliphatic heterocycles. The second-order valence-corrected chi connectivity index (χ2v) is 6.43. The monoisotopic (exact) mass is 336 g/mol. The Morgan fingerprint density at radius 3 is 3.09 bits per heavy atom. The Balaban J connectivity index is 1.98. The Morgan fingerprint density at radius 1 is 1.45 bits per heavy atom. The predicted molar refractivity (Wildman–Crippen MR) is 91.9 cm³/mol. The number of amides is 1. The van der Waals surface area contributed by atoms with Crippen molar-refractivity contribution in [2.75, 3.05) is 12.9 Å². The number of nitrogens with one attached hydrogen (secondary N) is 1. The van der Waals surface area contributed by atoms with Crippen LogP contribution in [0, 0.1) is 0 Å². The van der Waals surface area contributed by atoms with Gasteiger partial charge in [-0.15, -0.1) is 23.1 Å². The van der Waals surface area contributed by atoms with Crippen LogP contribution in [0.4, 0.5) is 0 Å². The van der Waals surface area contributed by atoms with E-state index >= 15 is 0 Å². The van der Waals surface area contributed by atoms with E-state index < -0.39 is 0 Å². The molecule has 118 valence electrons. The number of carbonyl (C=O) groups is 1. The molecule has 0 saturated heterocycles. The van der Waals surface area contributed by atoms with Crippen molar-refractivity contribution in [2.24, 2.45) is 0 Å². The zero-order chi connectivity index (χ0) is 15.8. The summed E-state index contributed by atoms with van der Waals surface area (Å²) in [7, 11) is 0. The minimum Gasteiger partial charge on any atom is -0.477 e. The van der Waals surface area contributed by atoms with Gasteiger partial charge in [0.05, 0.1) is 6.61 Å². The molecule has 2 heterocycles. The van der Waals surface area contributed by atoms with Crippen molar-refractivity contribution in [3.63, 3.8) is 0 Å². The molecule has 0 aromatic carbocycles. The van der Waals surface area contributed by atoms with Gasteiger partial charge >= 0.3 is 0 Å². The average molecular weight is 336 g/mol. The summed E-state index contributed by atoms with van der Waals surface area (Å²) in [6.45, 7) is 3.18. The predicted octanol–water partition coefficient (Wildman–Crippen LogP) is 3.97. The van der Waals surface area contributed by atoms with E-state index in [9.17, 15) is 4.79 Å². The van der Waals surface area contributed by atoms with E-state index in [0.29, 0.717) is 19.0 Å². The number of nitrogens with zero attached hydrogens (tertiary/aromatic N) is 1. The van der Waals surface area contributed by atoms with Gasteiger partial charge in [-0.1, -0.05) is 19.4 Å². The lowest BCUT2D eigenvalue weighted by atomic mass is 10.2. The molecule has 2 rings (SSSR count). The molecular formula is C16H20N2O2S2. The highest BCUT2D eigenvalue weighted by Gasteiger charge is 2.13. The molecular weight excluding hydrogens is 316 g/mol. The highest BCUT2D eigenvalue weighted by Crippen LogP contribution is 2.25. The summed E-state index contributed by atoms with van der Waals surface area (Å²) in [6.07, 6.45) is 5.75. The zero-order valence-electron chi connectivity index (χ0n) is 12.8. The molecule has 0 aliphatic rings. The Kier molecular flexibility index (Phi) is 6.74. The number of hydrogen-bond acceptors (Lipinski definition) is 5. The van der Waals surface area contributed by atoms with Crippen LogP contribution >= 0.6 is 23.1 Å². The van der Waals surface area contributed by atoms with Crippen LogP contribution in [0.1, 0.15) is 35.0 Å². The SMILES string of the molecule is CCCCOc1ncccc1CNC(=O)c1sccc1SC. The largest absolute Gasteiger partial charge is 0.477 e. The standard InChI is InChI=1S/C16H20N2O2S2/c1-3-4-9-20-16-12(6-5-8-17-16)11-18-15(19)14-13(21-2)7-10-22-14/h5-8,10H,3-4,9,11H2,1-2H3,(H,18,19). The van der Waals surface area contributed by atoms with E-state index in [1.807, 2.05) is 29.8 Å². The van der Waals surface area contributed by atoms with Crippen LogP contribution in [-0.4, -0.2) is 23.8 Å². The molecule has 0 spiro atoms.